The molecule has 1 aliphatic heterocycles. The van der Waals surface area contributed by atoms with Crippen LogP contribution in [0, 0.1) is 5.92 Å². The predicted molar refractivity (Wildman–Crippen MR) is 116 cm³/mol. The molecule has 2 amide bonds. The monoisotopic (exact) mass is 395 g/mol. The molecule has 2 aliphatic rings. The molecule has 0 spiro atoms. The zero-order valence-electron chi connectivity index (χ0n) is 17.6. The fourth-order valence-corrected chi connectivity index (χ4v) is 5.06. The van der Waals surface area contributed by atoms with Gasteiger partial charge in [0.1, 0.15) is 5.69 Å². The molecule has 2 heterocycles. The molecule has 0 bridgehead atoms. The van der Waals surface area contributed by atoms with E-state index in [9.17, 15) is 9.59 Å². The number of carbonyl (C=O) groups excluding carboxylic acids is 2. The second-order valence-corrected chi connectivity index (χ2v) is 8.59. The average Bonchev–Trinajstić information content (AvgIpc) is 3.32. The van der Waals surface area contributed by atoms with E-state index >= 15 is 0 Å². The minimum atomic E-state index is 0.0679. The Morgan fingerprint density at radius 2 is 1.72 bits per heavy atom. The first-order valence-corrected chi connectivity index (χ1v) is 11.3. The van der Waals surface area contributed by atoms with Gasteiger partial charge in [0.05, 0.1) is 0 Å². The summed E-state index contributed by atoms with van der Waals surface area (Å²) < 4.78 is 0. The lowest BCUT2D eigenvalue weighted by molar-refractivity contribution is -0.131. The van der Waals surface area contributed by atoms with Crippen LogP contribution >= 0.6 is 0 Å². The summed E-state index contributed by atoms with van der Waals surface area (Å²) in [4.78, 5) is 33.2. The van der Waals surface area contributed by atoms with E-state index in [0.717, 1.165) is 53.9 Å². The molecule has 1 saturated heterocycles. The third-order valence-corrected chi connectivity index (χ3v) is 6.76. The highest BCUT2D eigenvalue weighted by Crippen LogP contribution is 2.29. The molecular weight excluding hydrogens is 362 g/mol. The number of aryl methyl sites for hydroxylation is 1. The van der Waals surface area contributed by atoms with Crippen LogP contribution in [0.4, 0.5) is 0 Å². The third kappa shape index (κ3) is 4.34. The Kier molecular flexibility index (Phi) is 6.22. The van der Waals surface area contributed by atoms with Crippen LogP contribution < -0.4 is 0 Å². The molecule has 29 heavy (non-hydrogen) atoms. The number of para-hydroxylation sites is 1. The number of amides is 2. The van der Waals surface area contributed by atoms with Gasteiger partial charge < -0.3 is 14.8 Å². The van der Waals surface area contributed by atoms with Gasteiger partial charge in [-0.15, -0.1) is 0 Å². The zero-order valence-corrected chi connectivity index (χ0v) is 17.6. The predicted octanol–water partition coefficient (Wildman–Crippen LogP) is 4.38. The Bertz CT molecular complexity index is 866. The molecule has 4 rings (SSSR count). The third-order valence-electron chi connectivity index (χ3n) is 6.76. The van der Waals surface area contributed by atoms with Gasteiger partial charge in [-0.25, -0.2) is 0 Å². The molecule has 0 unspecified atom stereocenters. The van der Waals surface area contributed by atoms with Gasteiger partial charge in [-0.05, 0) is 36.8 Å². The Hall–Kier alpha value is -2.30. The van der Waals surface area contributed by atoms with E-state index in [1.807, 2.05) is 28.0 Å². The number of nitrogens with zero attached hydrogens (tertiary/aromatic N) is 2. The van der Waals surface area contributed by atoms with Gasteiger partial charge in [0, 0.05) is 43.5 Å². The van der Waals surface area contributed by atoms with Gasteiger partial charge >= 0.3 is 0 Å². The summed E-state index contributed by atoms with van der Waals surface area (Å²) in [6.45, 7) is 4.84. The average molecular weight is 396 g/mol. The van der Waals surface area contributed by atoms with Gasteiger partial charge in [0.25, 0.3) is 5.91 Å². The van der Waals surface area contributed by atoms with Crippen molar-refractivity contribution in [3.8, 4) is 0 Å². The molecular formula is C24H33N3O2. The maximum atomic E-state index is 13.3. The second-order valence-electron chi connectivity index (χ2n) is 8.59. The topological polar surface area (TPSA) is 56.4 Å². The molecule has 2 fully saturated rings. The number of H-pyrrole nitrogens is 1. The van der Waals surface area contributed by atoms with Crippen molar-refractivity contribution < 1.29 is 9.59 Å². The first-order chi connectivity index (χ1) is 14.2. The Morgan fingerprint density at radius 1 is 1.00 bits per heavy atom. The molecule has 1 N–H and O–H groups in total. The fourth-order valence-electron chi connectivity index (χ4n) is 5.06. The Balaban J connectivity index is 1.39. The molecule has 2 aromatic rings. The van der Waals surface area contributed by atoms with E-state index < -0.39 is 0 Å². The van der Waals surface area contributed by atoms with Crippen molar-refractivity contribution in [3.63, 3.8) is 0 Å². The first-order valence-electron chi connectivity index (χ1n) is 11.3. The lowest BCUT2D eigenvalue weighted by atomic mass is 10.0. The maximum absolute atomic E-state index is 13.3. The lowest BCUT2D eigenvalue weighted by Crippen LogP contribution is -2.37. The number of fused-ring (bicyclic) bond motifs is 1. The maximum Gasteiger partial charge on any atom is 0.270 e. The molecule has 0 atom stereocenters. The highest BCUT2D eigenvalue weighted by Gasteiger charge is 2.26. The van der Waals surface area contributed by atoms with Crippen molar-refractivity contribution >= 4 is 22.7 Å². The number of nitrogens with one attached hydrogen (secondary N) is 1. The van der Waals surface area contributed by atoms with Crippen molar-refractivity contribution in [1.29, 1.82) is 0 Å². The molecule has 0 radical (unpaired) electrons. The molecule has 5 heteroatoms. The van der Waals surface area contributed by atoms with Gasteiger partial charge in [-0.3, -0.25) is 9.59 Å². The number of hydrogen-bond acceptors (Lipinski definition) is 2. The first kappa shape index (κ1) is 20.0. The van der Waals surface area contributed by atoms with E-state index in [1.54, 1.807) is 0 Å². The second kappa shape index (κ2) is 9.02. The smallest absolute Gasteiger partial charge is 0.270 e. The minimum absolute atomic E-state index is 0.0679. The van der Waals surface area contributed by atoms with Gasteiger partial charge in [-0.1, -0.05) is 50.8 Å². The summed E-state index contributed by atoms with van der Waals surface area (Å²) in [6, 6.07) is 8.12. The number of hydrogen-bond donors (Lipinski definition) is 1. The molecule has 1 aromatic heterocycles. The summed E-state index contributed by atoms with van der Waals surface area (Å²) in [7, 11) is 0. The lowest BCUT2D eigenvalue weighted by Gasteiger charge is -2.23. The largest absolute Gasteiger partial charge is 0.350 e. The van der Waals surface area contributed by atoms with Crippen molar-refractivity contribution in [2.24, 2.45) is 5.92 Å². The highest BCUT2D eigenvalue weighted by molar-refractivity contribution is 6.01. The summed E-state index contributed by atoms with van der Waals surface area (Å²) in [5.41, 5.74) is 2.83. The van der Waals surface area contributed by atoms with Gasteiger partial charge in [-0.2, -0.15) is 0 Å². The van der Waals surface area contributed by atoms with E-state index in [-0.39, 0.29) is 11.8 Å². The summed E-state index contributed by atoms with van der Waals surface area (Å²) >= 11 is 0. The number of aromatic amines is 1. The number of aromatic nitrogens is 1. The van der Waals surface area contributed by atoms with Crippen LogP contribution in [0.25, 0.3) is 10.9 Å². The number of benzene rings is 1. The quantitative estimate of drug-likeness (QED) is 0.817. The number of rotatable bonds is 5. The normalized spacial score (nSPS) is 18.4. The summed E-state index contributed by atoms with van der Waals surface area (Å²) in [6.07, 6.45) is 8.61. The number of carbonyl (C=O) groups is 2. The van der Waals surface area contributed by atoms with E-state index in [1.165, 1.54) is 25.7 Å². The van der Waals surface area contributed by atoms with Crippen LogP contribution in [0.15, 0.2) is 24.3 Å². The highest BCUT2D eigenvalue weighted by atomic mass is 16.2. The molecule has 156 valence electrons. The Labute approximate surface area is 173 Å². The summed E-state index contributed by atoms with van der Waals surface area (Å²) in [5.74, 6) is 1.09. The van der Waals surface area contributed by atoms with Crippen molar-refractivity contribution in [2.45, 2.75) is 58.3 Å². The molecule has 1 saturated carbocycles. The molecule has 1 aromatic carbocycles. The van der Waals surface area contributed by atoms with Crippen molar-refractivity contribution in [1.82, 2.24) is 14.8 Å². The fraction of sp³-hybridized carbons (Fsp3) is 0.583. The minimum Gasteiger partial charge on any atom is -0.350 e. The standard InChI is InChI=1S/C24H33N3O2/c1-2-19-20-10-5-6-11-21(20)25-23(19)24(29)27-15-7-14-26(16-17-27)22(28)13-12-18-8-3-4-9-18/h5-6,10-11,18,25H,2-4,7-9,12-17H2,1H3. The van der Waals surface area contributed by atoms with Crippen molar-refractivity contribution in [2.75, 3.05) is 26.2 Å². The summed E-state index contributed by atoms with van der Waals surface area (Å²) in [5, 5.41) is 1.14. The van der Waals surface area contributed by atoms with E-state index in [0.29, 0.717) is 26.1 Å². The molecule has 1 aliphatic carbocycles. The Morgan fingerprint density at radius 3 is 2.52 bits per heavy atom. The van der Waals surface area contributed by atoms with Crippen LogP contribution in [-0.4, -0.2) is 52.8 Å². The van der Waals surface area contributed by atoms with Crippen LogP contribution in [0.3, 0.4) is 0 Å². The molecule has 5 nitrogen and oxygen atoms in total. The van der Waals surface area contributed by atoms with Crippen LogP contribution in [0.5, 0.6) is 0 Å². The van der Waals surface area contributed by atoms with Crippen LogP contribution in [0.2, 0.25) is 0 Å². The van der Waals surface area contributed by atoms with Crippen LogP contribution in [0.1, 0.15) is 67.9 Å². The SMILES string of the molecule is CCc1c(C(=O)N2CCCN(C(=O)CCC3CCCC3)CC2)[nH]c2ccccc12. The van der Waals surface area contributed by atoms with Crippen molar-refractivity contribution in [3.05, 3.63) is 35.5 Å². The zero-order chi connectivity index (χ0) is 20.2. The van der Waals surface area contributed by atoms with Gasteiger partial charge in [0.2, 0.25) is 5.91 Å². The van der Waals surface area contributed by atoms with E-state index in [4.69, 9.17) is 0 Å². The van der Waals surface area contributed by atoms with E-state index in [2.05, 4.69) is 18.0 Å². The van der Waals surface area contributed by atoms with Crippen LogP contribution in [-0.2, 0) is 11.2 Å². The van der Waals surface area contributed by atoms with Gasteiger partial charge in [0.15, 0.2) is 0 Å².